The monoisotopic (exact) mass is 469 g/mol. The average molecular weight is 470 g/mol. The third-order valence-corrected chi connectivity index (χ3v) is 6.81. The fourth-order valence-electron chi connectivity index (χ4n) is 3.61. The van der Waals surface area contributed by atoms with Gasteiger partial charge in [-0.1, -0.05) is 18.2 Å². The largest absolute Gasteiger partial charge is 0.455 e. The van der Waals surface area contributed by atoms with Gasteiger partial charge in [0.05, 0.1) is 21.5 Å². The molecule has 9 heteroatoms. The van der Waals surface area contributed by atoms with Crippen molar-refractivity contribution in [3.05, 3.63) is 57.0 Å². The van der Waals surface area contributed by atoms with Gasteiger partial charge in [0.25, 0.3) is 11.8 Å². The Kier molecular flexibility index (Phi) is 6.96. The van der Waals surface area contributed by atoms with Crippen molar-refractivity contribution in [3.63, 3.8) is 0 Å². The highest BCUT2D eigenvalue weighted by Gasteiger charge is 2.30. The molecule has 0 bridgehead atoms. The van der Waals surface area contributed by atoms with Gasteiger partial charge in [-0.3, -0.25) is 14.4 Å². The third-order valence-electron chi connectivity index (χ3n) is 5.18. The molecule has 1 atom stereocenters. The van der Waals surface area contributed by atoms with Crippen LogP contribution in [0.1, 0.15) is 27.5 Å². The number of nitrogens with zero attached hydrogens (tertiary/aromatic N) is 2. The van der Waals surface area contributed by atoms with Crippen LogP contribution in [-0.4, -0.2) is 47.4 Å². The topological polar surface area (TPSA) is 88.6 Å². The Bertz CT molecular complexity index is 1110. The molecule has 0 aliphatic carbocycles. The van der Waals surface area contributed by atoms with Gasteiger partial charge >= 0.3 is 5.97 Å². The molecule has 1 aliphatic rings. The van der Waals surface area contributed by atoms with Crippen molar-refractivity contribution in [1.82, 2.24) is 9.88 Å². The SMILES string of the molecule is Cc1nc(-c2cccc(NC(=O)COC(=O)C3CCCN(C(=O)c4cccs4)C3)c2)cs1. The van der Waals surface area contributed by atoms with Gasteiger partial charge in [-0.25, -0.2) is 4.98 Å². The van der Waals surface area contributed by atoms with E-state index in [1.165, 1.54) is 11.3 Å². The van der Waals surface area contributed by atoms with Crippen LogP contribution < -0.4 is 5.32 Å². The average Bonchev–Trinajstić information content (AvgIpc) is 3.49. The molecular weight excluding hydrogens is 446 g/mol. The molecule has 1 saturated heterocycles. The van der Waals surface area contributed by atoms with E-state index in [2.05, 4.69) is 10.3 Å². The van der Waals surface area contributed by atoms with Crippen molar-refractivity contribution in [3.8, 4) is 11.3 Å². The number of thiazole rings is 1. The molecule has 2 aromatic heterocycles. The first-order valence-electron chi connectivity index (χ1n) is 10.3. The van der Waals surface area contributed by atoms with E-state index in [1.54, 1.807) is 28.4 Å². The van der Waals surface area contributed by atoms with Gasteiger partial charge < -0.3 is 15.0 Å². The molecule has 4 rings (SSSR count). The quantitative estimate of drug-likeness (QED) is 0.546. The maximum Gasteiger partial charge on any atom is 0.311 e. The highest BCUT2D eigenvalue weighted by molar-refractivity contribution is 7.12. The van der Waals surface area contributed by atoms with Gasteiger partial charge in [0.15, 0.2) is 6.61 Å². The van der Waals surface area contributed by atoms with E-state index in [0.29, 0.717) is 30.1 Å². The third kappa shape index (κ3) is 5.41. The van der Waals surface area contributed by atoms with Crippen molar-refractivity contribution < 1.29 is 19.1 Å². The number of rotatable bonds is 6. The number of thiophene rings is 1. The van der Waals surface area contributed by atoms with Crippen LogP contribution in [0, 0.1) is 12.8 Å². The molecule has 2 amide bonds. The lowest BCUT2D eigenvalue weighted by molar-refractivity contribution is -0.152. The number of piperidine rings is 1. The second-order valence-corrected chi connectivity index (χ2v) is 9.57. The van der Waals surface area contributed by atoms with E-state index in [1.807, 2.05) is 41.9 Å². The summed E-state index contributed by atoms with van der Waals surface area (Å²) in [5.74, 6) is -1.34. The number of ether oxygens (including phenoxy) is 1. The second-order valence-electron chi connectivity index (χ2n) is 7.56. The number of nitrogens with one attached hydrogen (secondary N) is 1. The zero-order valence-electron chi connectivity index (χ0n) is 17.6. The molecular formula is C23H23N3O4S2. The zero-order valence-corrected chi connectivity index (χ0v) is 19.2. The molecule has 3 aromatic rings. The summed E-state index contributed by atoms with van der Waals surface area (Å²) >= 11 is 2.95. The number of aryl methyl sites for hydroxylation is 1. The number of carbonyl (C=O) groups is 3. The van der Waals surface area contributed by atoms with Crippen LogP contribution >= 0.6 is 22.7 Å². The number of likely N-dealkylation sites (tertiary alicyclic amines) is 1. The van der Waals surface area contributed by atoms with Crippen LogP contribution in [0.15, 0.2) is 47.2 Å². The maximum absolute atomic E-state index is 12.5. The molecule has 3 heterocycles. The zero-order chi connectivity index (χ0) is 22.5. The molecule has 1 fully saturated rings. The van der Waals surface area contributed by atoms with Crippen LogP contribution in [-0.2, 0) is 14.3 Å². The normalized spacial score (nSPS) is 15.9. The maximum atomic E-state index is 12.5. The molecule has 32 heavy (non-hydrogen) atoms. The Balaban J connectivity index is 1.28. The van der Waals surface area contributed by atoms with E-state index in [0.717, 1.165) is 22.7 Å². The molecule has 0 radical (unpaired) electrons. The van der Waals surface area contributed by atoms with Crippen LogP contribution in [0.4, 0.5) is 5.69 Å². The van der Waals surface area contributed by atoms with E-state index < -0.39 is 17.8 Å². The Labute approximate surface area is 194 Å². The van der Waals surface area contributed by atoms with Crippen molar-refractivity contribution in [2.24, 2.45) is 5.92 Å². The van der Waals surface area contributed by atoms with Crippen molar-refractivity contribution in [2.75, 3.05) is 25.0 Å². The standard InChI is InChI=1S/C23H23N3O4S2/c1-15-24-19(14-32-15)16-5-2-7-18(11-16)25-21(27)13-30-23(29)17-6-3-9-26(12-17)22(28)20-8-4-10-31-20/h2,4-5,7-8,10-11,14,17H,3,6,9,12-13H2,1H3,(H,25,27). The van der Waals surface area contributed by atoms with E-state index >= 15 is 0 Å². The van der Waals surface area contributed by atoms with E-state index in [4.69, 9.17) is 4.74 Å². The number of esters is 1. The summed E-state index contributed by atoms with van der Waals surface area (Å²) in [5, 5.41) is 7.55. The van der Waals surface area contributed by atoms with E-state index in [9.17, 15) is 14.4 Å². The summed E-state index contributed by atoms with van der Waals surface area (Å²) in [6, 6.07) is 11.0. The Morgan fingerprint density at radius 2 is 2.09 bits per heavy atom. The van der Waals surface area contributed by atoms with Crippen LogP contribution in [0.2, 0.25) is 0 Å². The minimum Gasteiger partial charge on any atom is -0.455 e. The first-order chi connectivity index (χ1) is 15.5. The highest BCUT2D eigenvalue weighted by atomic mass is 32.1. The smallest absolute Gasteiger partial charge is 0.311 e. The Morgan fingerprint density at radius 3 is 2.84 bits per heavy atom. The number of benzene rings is 1. The Hall–Kier alpha value is -3.04. The molecule has 166 valence electrons. The minimum absolute atomic E-state index is 0.0644. The summed E-state index contributed by atoms with van der Waals surface area (Å²) in [6.07, 6.45) is 1.37. The number of anilines is 1. The van der Waals surface area contributed by atoms with Gasteiger partial charge in [-0.05, 0) is 43.3 Å². The summed E-state index contributed by atoms with van der Waals surface area (Å²) in [5.41, 5.74) is 2.37. The molecule has 1 N–H and O–H groups in total. The van der Waals surface area contributed by atoms with Crippen LogP contribution in [0.5, 0.6) is 0 Å². The lowest BCUT2D eigenvalue weighted by atomic mass is 9.98. The molecule has 1 aromatic carbocycles. The van der Waals surface area contributed by atoms with Crippen molar-refractivity contribution >= 4 is 46.1 Å². The number of amides is 2. The summed E-state index contributed by atoms with van der Waals surface area (Å²) in [7, 11) is 0. The van der Waals surface area contributed by atoms with Gasteiger partial charge in [0, 0.05) is 29.7 Å². The predicted octanol–water partition coefficient (Wildman–Crippen LogP) is 4.21. The highest BCUT2D eigenvalue weighted by Crippen LogP contribution is 2.24. The fraction of sp³-hybridized carbons (Fsp3) is 0.304. The summed E-state index contributed by atoms with van der Waals surface area (Å²) in [6.45, 7) is 2.51. The summed E-state index contributed by atoms with van der Waals surface area (Å²) in [4.78, 5) is 44.2. The molecule has 0 spiro atoms. The van der Waals surface area contributed by atoms with Gasteiger partial charge in [-0.2, -0.15) is 0 Å². The number of hydrogen-bond donors (Lipinski definition) is 1. The van der Waals surface area contributed by atoms with E-state index in [-0.39, 0.29) is 12.5 Å². The molecule has 1 unspecified atom stereocenters. The van der Waals surface area contributed by atoms with Crippen LogP contribution in [0.3, 0.4) is 0 Å². The number of carbonyl (C=O) groups excluding carboxylic acids is 3. The lowest BCUT2D eigenvalue weighted by Crippen LogP contribution is -2.43. The van der Waals surface area contributed by atoms with Crippen molar-refractivity contribution in [2.45, 2.75) is 19.8 Å². The van der Waals surface area contributed by atoms with Gasteiger partial charge in [0.1, 0.15) is 0 Å². The predicted molar refractivity (Wildman–Crippen MR) is 125 cm³/mol. The lowest BCUT2D eigenvalue weighted by Gasteiger charge is -2.31. The summed E-state index contributed by atoms with van der Waals surface area (Å²) < 4.78 is 5.26. The first-order valence-corrected chi connectivity index (χ1v) is 12.1. The molecule has 7 nitrogen and oxygen atoms in total. The second kappa shape index (κ2) is 10.1. The minimum atomic E-state index is -0.449. The number of aromatic nitrogens is 1. The first kappa shape index (κ1) is 22.2. The Morgan fingerprint density at radius 1 is 1.22 bits per heavy atom. The van der Waals surface area contributed by atoms with Gasteiger partial charge in [-0.15, -0.1) is 22.7 Å². The molecule has 1 aliphatic heterocycles. The van der Waals surface area contributed by atoms with Crippen LogP contribution in [0.25, 0.3) is 11.3 Å². The fourth-order valence-corrected chi connectivity index (χ4v) is 4.93. The van der Waals surface area contributed by atoms with Crippen molar-refractivity contribution in [1.29, 1.82) is 0 Å². The van der Waals surface area contributed by atoms with Gasteiger partial charge in [0.2, 0.25) is 0 Å². The number of hydrogen-bond acceptors (Lipinski definition) is 7. The molecule has 0 saturated carbocycles.